The van der Waals surface area contributed by atoms with Gasteiger partial charge >= 0.3 is 5.97 Å². The second kappa shape index (κ2) is 6.85. The van der Waals surface area contributed by atoms with Crippen LogP contribution in [0.15, 0.2) is 28.9 Å². The summed E-state index contributed by atoms with van der Waals surface area (Å²) in [6.45, 7) is 0. The second-order valence-electron chi connectivity index (χ2n) is 4.35. The van der Waals surface area contributed by atoms with E-state index in [1.54, 1.807) is 10.7 Å². The molecule has 0 radical (unpaired) electrons. The summed E-state index contributed by atoms with van der Waals surface area (Å²) in [5, 5.41) is 17.3. The topological polar surface area (TPSA) is 68.0 Å². The average Bonchev–Trinajstić information content (AvgIpc) is 2.86. The van der Waals surface area contributed by atoms with Crippen LogP contribution in [0.3, 0.4) is 0 Å². The minimum atomic E-state index is -0.764. The van der Waals surface area contributed by atoms with Gasteiger partial charge in [-0.3, -0.25) is 4.79 Å². The Kier molecular flexibility index (Phi) is 5.14. The van der Waals surface area contributed by atoms with Gasteiger partial charge in [0, 0.05) is 10.9 Å². The molecule has 0 fully saturated rings. The number of hydrogen-bond donors (Lipinski definition) is 1. The van der Waals surface area contributed by atoms with Gasteiger partial charge in [-0.2, -0.15) is 0 Å². The fourth-order valence-corrected chi connectivity index (χ4v) is 2.23. The third kappa shape index (κ3) is 4.05. The fourth-order valence-electron chi connectivity index (χ4n) is 1.75. The first-order valence-electron chi connectivity index (χ1n) is 6.14. The Bertz CT molecular complexity index is 615. The number of hydrogen-bond acceptors (Lipinski definition) is 3. The van der Waals surface area contributed by atoms with E-state index in [-0.39, 0.29) is 6.42 Å². The smallest absolute Gasteiger partial charge is 0.303 e. The van der Waals surface area contributed by atoms with Crippen LogP contribution < -0.4 is 0 Å². The van der Waals surface area contributed by atoms with Crippen molar-refractivity contribution in [2.24, 2.45) is 0 Å². The summed E-state index contributed by atoms with van der Waals surface area (Å²) in [4.78, 5) is 10.4. The summed E-state index contributed by atoms with van der Waals surface area (Å²) >= 11 is 9.31. The van der Waals surface area contributed by atoms with E-state index in [0.29, 0.717) is 11.4 Å². The van der Waals surface area contributed by atoms with Crippen LogP contribution in [0.5, 0.6) is 0 Å². The zero-order chi connectivity index (χ0) is 14.5. The number of rotatable bonds is 6. The van der Waals surface area contributed by atoms with E-state index in [0.717, 1.165) is 28.7 Å². The molecule has 0 aliphatic carbocycles. The maximum atomic E-state index is 10.4. The molecular formula is C13H13BrClN3O2. The Balaban J connectivity index is 1.97. The summed E-state index contributed by atoms with van der Waals surface area (Å²) in [7, 11) is 0. The van der Waals surface area contributed by atoms with Gasteiger partial charge in [-0.25, -0.2) is 4.68 Å². The minimum Gasteiger partial charge on any atom is -0.481 e. The molecule has 0 aliphatic heterocycles. The highest BCUT2D eigenvalue weighted by atomic mass is 79.9. The lowest BCUT2D eigenvalue weighted by molar-refractivity contribution is -0.137. The third-order valence-electron chi connectivity index (χ3n) is 2.78. The molecule has 0 bridgehead atoms. The molecule has 0 aliphatic rings. The lowest BCUT2D eigenvalue weighted by Crippen LogP contribution is -1.95. The standard InChI is InChI=1S/C13H13BrClN3O2/c14-11-7-10(5-6-12(11)15)18-8-9(16-17-18)3-1-2-4-13(19)20/h5-8H,1-4H2,(H,19,20). The highest BCUT2D eigenvalue weighted by molar-refractivity contribution is 9.10. The van der Waals surface area contributed by atoms with Crippen molar-refractivity contribution in [3.8, 4) is 5.69 Å². The number of carboxylic acids is 1. The van der Waals surface area contributed by atoms with Gasteiger partial charge in [0.1, 0.15) is 0 Å². The quantitative estimate of drug-likeness (QED) is 0.803. The number of benzene rings is 1. The van der Waals surface area contributed by atoms with Crippen molar-refractivity contribution in [3.05, 3.63) is 39.6 Å². The van der Waals surface area contributed by atoms with Crippen molar-refractivity contribution in [1.29, 1.82) is 0 Å². The number of aromatic nitrogens is 3. The molecule has 1 aromatic carbocycles. The number of carboxylic acid groups (broad SMARTS) is 1. The van der Waals surface area contributed by atoms with Crippen molar-refractivity contribution in [2.75, 3.05) is 0 Å². The molecule has 2 rings (SSSR count). The molecule has 2 aromatic rings. The maximum Gasteiger partial charge on any atom is 0.303 e. The largest absolute Gasteiger partial charge is 0.481 e. The van der Waals surface area contributed by atoms with Gasteiger partial charge in [0.15, 0.2) is 0 Å². The molecule has 0 atom stereocenters. The Morgan fingerprint density at radius 2 is 2.20 bits per heavy atom. The van der Waals surface area contributed by atoms with Crippen LogP contribution in [0, 0.1) is 0 Å². The predicted octanol–water partition coefficient (Wildman–Crippen LogP) is 3.48. The van der Waals surface area contributed by atoms with Gasteiger partial charge in [0.2, 0.25) is 0 Å². The molecule has 0 amide bonds. The molecule has 0 unspecified atom stereocenters. The van der Waals surface area contributed by atoms with E-state index >= 15 is 0 Å². The van der Waals surface area contributed by atoms with E-state index in [2.05, 4.69) is 26.2 Å². The molecule has 20 heavy (non-hydrogen) atoms. The molecule has 1 N–H and O–H groups in total. The van der Waals surface area contributed by atoms with Crippen molar-refractivity contribution >= 4 is 33.5 Å². The van der Waals surface area contributed by atoms with Crippen LogP contribution in [0.1, 0.15) is 25.0 Å². The molecule has 1 aromatic heterocycles. The van der Waals surface area contributed by atoms with Gasteiger partial charge in [0.25, 0.3) is 0 Å². The summed E-state index contributed by atoms with van der Waals surface area (Å²) in [5.41, 5.74) is 1.71. The van der Waals surface area contributed by atoms with E-state index in [1.807, 2.05) is 18.3 Å². The van der Waals surface area contributed by atoms with Crippen LogP contribution in [0.25, 0.3) is 5.69 Å². The first-order valence-corrected chi connectivity index (χ1v) is 7.32. The van der Waals surface area contributed by atoms with Crippen LogP contribution in [-0.2, 0) is 11.2 Å². The number of nitrogens with zero attached hydrogens (tertiary/aromatic N) is 3. The second-order valence-corrected chi connectivity index (χ2v) is 5.62. The number of unbranched alkanes of at least 4 members (excludes halogenated alkanes) is 1. The normalized spacial score (nSPS) is 10.7. The number of halogens is 2. The van der Waals surface area contributed by atoms with Crippen molar-refractivity contribution in [2.45, 2.75) is 25.7 Å². The zero-order valence-corrected chi connectivity index (χ0v) is 12.9. The van der Waals surface area contributed by atoms with E-state index in [4.69, 9.17) is 16.7 Å². The SMILES string of the molecule is O=C(O)CCCCc1cn(-c2ccc(Cl)c(Br)c2)nn1. The Hall–Kier alpha value is -1.40. The van der Waals surface area contributed by atoms with Gasteiger partial charge in [-0.05, 0) is 53.4 Å². The Labute approximate surface area is 129 Å². The first kappa shape index (κ1) is 15.0. The van der Waals surface area contributed by atoms with E-state index < -0.39 is 5.97 Å². The molecule has 5 nitrogen and oxygen atoms in total. The summed E-state index contributed by atoms with van der Waals surface area (Å²) in [6.07, 6.45) is 4.20. The van der Waals surface area contributed by atoms with E-state index in [1.165, 1.54) is 0 Å². The van der Waals surface area contributed by atoms with Crippen molar-refractivity contribution in [1.82, 2.24) is 15.0 Å². The molecule has 1 heterocycles. The highest BCUT2D eigenvalue weighted by Crippen LogP contribution is 2.24. The van der Waals surface area contributed by atoms with Crippen LogP contribution in [-0.4, -0.2) is 26.1 Å². The lowest BCUT2D eigenvalue weighted by atomic mass is 10.1. The predicted molar refractivity (Wildman–Crippen MR) is 79.3 cm³/mol. The zero-order valence-electron chi connectivity index (χ0n) is 10.6. The summed E-state index contributed by atoms with van der Waals surface area (Å²) in [5.74, 6) is -0.764. The molecule has 0 saturated carbocycles. The van der Waals surface area contributed by atoms with Gasteiger partial charge in [-0.1, -0.05) is 16.8 Å². The molecule has 0 spiro atoms. The maximum absolute atomic E-state index is 10.4. The van der Waals surface area contributed by atoms with E-state index in [9.17, 15) is 4.79 Å². The molecule has 106 valence electrons. The van der Waals surface area contributed by atoms with Crippen LogP contribution in [0.4, 0.5) is 0 Å². The van der Waals surface area contributed by atoms with Crippen LogP contribution in [0.2, 0.25) is 5.02 Å². The molecule has 0 saturated heterocycles. The highest BCUT2D eigenvalue weighted by Gasteiger charge is 2.05. The Morgan fingerprint density at radius 3 is 2.90 bits per heavy atom. The lowest BCUT2D eigenvalue weighted by Gasteiger charge is -2.01. The number of aliphatic carboxylic acids is 1. The average molecular weight is 359 g/mol. The first-order chi connectivity index (χ1) is 9.56. The summed E-state index contributed by atoms with van der Waals surface area (Å²) in [6, 6.07) is 5.51. The Morgan fingerprint density at radius 1 is 1.40 bits per heavy atom. The number of carbonyl (C=O) groups is 1. The van der Waals surface area contributed by atoms with Gasteiger partial charge < -0.3 is 5.11 Å². The van der Waals surface area contributed by atoms with Crippen LogP contribution >= 0.6 is 27.5 Å². The minimum absolute atomic E-state index is 0.193. The van der Waals surface area contributed by atoms with Gasteiger partial charge in [0.05, 0.1) is 22.6 Å². The third-order valence-corrected chi connectivity index (χ3v) is 4.00. The molecule has 7 heteroatoms. The van der Waals surface area contributed by atoms with Crippen molar-refractivity contribution in [3.63, 3.8) is 0 Å². The number of aryl methyl sites for hydroxylation is 1. The summed E-state index contributed by atoms with van der Waals surface area (Å²) < 4.78 is 2.48. The van der Waals surface area contributed by atoms with Gasteiger partial charge in [-0.15, -0.1) is 5.10 Å². The molecular weight excluding hydrogens is 346 g/mol. The fraction of sp³-hybridized carbons (Fsp3) is 0.308. The monoisotopic (exact) mass is 357 g/mol. The van der Waals surface area contributed by atoms with Crippen molar-refractivity contribution < 1.29 is 9.90 Å².